The first-order valence-electron chi connectivity index (χ1n) is 11.6. The third-order valence-electron chi connectivity index (χ3n) is 6.43. The molecule has 0 radical (unpaired) electrons. The molecule has 2 fully saturated rings. The van der Waals surface area contributed by atoms with Gasteiger partial charge in [0.1, 0.15) is 6.17 Å². The summed E-state index contributed by atoms with van der Waals surface area (Å²) in [5, 5.41) is 4.95. The molecule has 5 nitrogen and oxygen atoms in total. The van der Waals surface area contributed by atoms with Crippen LogP contribution in [0, 0.1) is 0 Å². The van der Waals surface area contributed by atoms with Crippen LogP contribution in [-0.4, -0.2) is 55.3 Å². The second kappa shape index (κ2) is 8.94. The molecule has 32 heavy (non-hydrogen) atoms. The Kier molecular flexibility index (Phi) is 5.87. The van der Waals surface area contributed by atoms with Crippen LogP contribution < -0.4 is 9.80 Å². The Morgan fingerprint density at radius 3 is 2.38 bits per heavy atom. The highest BCUT2D eigenvalue weighted by atomic mass is 19.1. The number of halogens is 1. The van der Waals surface area contributed by atoms with E-state index in [1.807, 2.05) is 10.7 Å². The predicted octanol–water partition coefficient (Wildman–Crippen LogP) is 5.05. The molecule has 0 aliphatic carbocycles. The van der Waals surface area contributed by atoms with Gasteiger partial charge in [-0.3, -0.25) is 0 Å². The maximum atomic E-state index is 13.7. The van der Waals surface area contributed by atoms with Crippen molar-refractivity contribution >= 4 is 11.4 Å². The van der Waals surface area contributed by atoms with Gasteiger partial charge in [0.25, 0.3) is 0 Å². The van der Waals surface area contributed by atoms with E-state index in [4.69, 9.17) is 9.84 Å². The molecular formula is C26H31FN4O. The molecule has 5 rings (SSSR count). The lowest BCUT2D eigenvalue weighted by atomic mass is 10.00. The van der Waals surface area contributed by atoms with Crippen LogP contribution in [0.2, 0.25) is 0 Å². The fourth-order valence-corrected chi connectivity index (χ4v) is 4.63. The predicted molar refractivity (Wildman–Crippen MR) is 128 cm³/mol. The van der Waals surface area contributed by atoms with Gasteiger partial charge in [0, 0.05) is 49.3 Å². The van der Waals surface area contributed by atoms with Gasteiger partial charge in [0.2, 0.25) is 0 Å². The Balaban J connectivity index is 1.44. The molecule has 3 aromatic rings. The first kappa shape index (κ1) is 21.0. The maximum Gasteiger partial charge on any atom is 0.119 e. The molecule has 0 amide bonds. The summed E-state index contributed by atoms with van der Waals surface area (Å²) >= 11 is 0. The zero-order chi connectivity index (χ0) is 22.1. The number of benzene rings is 2. The Labute approximate surface area is 189 Å². The van der Waals surface area contributed by atoms with E-state index in [-0.39, 0.29) is 0 Å². The lowest BCUT2D eigenvalue weighted by Gasteiger charge is -2.28. The summed E-state index contributed by atoms with van der Waals surface area (Å²) in [6, 6.07) is 17.0. The van der Waals surface area contributed by atoms with Crippen molar-refractivity contribution in [2.75, 3.05) is 49.2 Å². The lowest BCUT2D eigenvalue weighted by Crippen LogP contribution is -2.36. The number of anilines is 2. The first-order valence-corrected chi connectivity index (χ1v) is 11.6. The highest BCUT2D eigenvalue weighted by molar-refractivity contribution is 5.69. The van der Waals surface area contributed by atoms with E-state index in [0.717, 1.165) is 55.5 Å². The molecule has 1 atom stereocenters. The number of morpholine rings is 1. The Bertz CT molecular complexity index is 1060. The van der Waals surface area contributed by atoms with Crippen molar-refractivity contribution in [3.63, 3.8) is 0 Å². The average Bonchev–Trinajstić information content (AvgIpc) is 3.47. The van der Waals surface area contributed by atoms with Crippen molar-refractivity contribution in [3.8, 4) is 16.8 Å². The number of ether oxygens (including phenoxy) is 1. The van der Waals surface area contributed by atoms with Crippen LogP contribution in [0.25, 0.3) is 16.8 Å². The van der Waals surface area contributed by atoms with Gasteiger partial charge >= 0.3 is 0 Å². The number of nitrogens with zero attached hydrogens (tertiary/aromatic N) is 4. The van der Waals surface area contributed by atoms with E-state index >= 15 is 0 Å². The molecule has 6 heteroatoms. The van der Waals surface area contributed by atoms with Crippen LogP contribution in [0.1, 0.15) is 31.9 Å². The van der Waals surface area contributed by atoms with E-state index in [0.29, 0.717) is 18.9 Å². The fraction of sp³-hybridized carbons (Fsp3) is 0.423. The molecule has 0 saturated carbocycles. The van der Waals surface area contributed by atoms with E-state index < -0.39 is 6.17 Å². The monoisotopic (exact) mass is 434 g/mol. The average molecular weight is 435 g/mol. The summed E-state index contributed by atoms with van der Waals surface area (Å²) in [5.74, 6) is 0.305. The normalized spacial score (nSPS) is 19.2. The SMILES string of the molecule is CC(C)c1nn(-c2cccc(N3CCC(F)C3)c2)cc1-c1ccc(N2CCOCC2)cc1. The molecule has 2 aliphatic heterocycles. The van der Waals surface area contributed by atoms with Crippen LogP contribution in [-0.2, 0) is 4.74 Å². The maximum absolute atomic E-state index is 13.7. The van der Waals surface area contributed by atoms with Crippen LogP contribution in [0.5, 0.6) is 0 Å². The quantitative estimate of drug-likeness (QED) is 0.563. The Morgan fingerprint density at radius 1 is 0.938 bits per heavy atom. The molecule has 2 aliphatic rings. The second-order valence-corrected chi connectivity index (χ2v) is 9.03. The summed E-state index contributed by atoms with van der Waals surface area (Å²) < 4.78 is 21.1. The zero-order valence-electron chi connectivity index (χ0n) is 18.9. The van der Waals surface area contributed by atoms with Gasteiger partial charge in [-0.15, -0.1) is 0 Å². The third kappa shape index (κ3) is 4.24. The number of hydrogen-bond acceptors (Lipinski definition) is 4. The zero-order valence-corrected chi connectivity index (χ0v) is 18.9. The third-order valence-corrected chi connectivity index (χ3v) is 6.43. The second-order valence-electron chi connectivity index (χ2n) is 9.03. The van der Waals surface area contributed by atoms with Crippen molar-refractivity contribution in [2.45, 2.75) is 32.4 Å². The van der Waals surface area contributed by atoms with E-state index in [1.165, 1.54) is 11.3 Å². The lowest BCUT2D eigenvalue weighted by molar-refractivity contribution is 0.122. The van der Waals surface area contributed by atoms with Gasteiger partial charge < -0.3 is 14.5 Å². The smallest absolute Gasteiger partial charge is 0.119 e. The molecule has 2 saturated heterocycles. The number of alkyl halides is 1. The summed E-state index contributed by atoms with van der Waals surface area (Å²) in [6.45, 7) is 9.04. The van der Waals surface area contributed by atoms with Crippen molar-refractivity contribution in [1.29, 1.82) is 0 Å². The van der Waals surface area contributed by atoms with Crippen LogP contribution in [0.15, 0.2) is 54.7 Å². The highest BCUT2D eigenvalue weighted by Crippen LogP contribution is 2.32. The molecule has 3 heterocycles. The number of aromatic nitrogens is 2. The molecule has 0 N–H and O–H groups in total. The minimum absolute atomic E-state index is 0.305. The van der Waals surface area contributed by atoms with Crippen LogP contribution >= 0.6 is 0 Å². The molecule has 0 spiro atoms. The number of rotatable bonds is 5. The molecule has 1 unspecified atom stereocenters. The van der Waals surface area contributed by atoms with E-state index in [9.17, 15) is 4.39 Å². The summed E-state index contributed by atoms with van der Waals surface area (Å²) in [4.78, 5) is 4.48. The summed E-state index contributed by atoms with van der Waals surface area (Å²) in [5.41, 5.74) is 6.71. The van der Waals surface area contributed by atoms with Crippen molar-refractivity contribution in [3.05, 3.63) is 60.4 Å². The Morgan fingerprint density at radius 2 is 1.69 bits per heavy atom. The molecular weight excluding hydrogens is 403 g/mol. The standard InChI is InChI=1S/C26H31FN4O/c1-19(2)26-25(20-6-8-22(9-7-20)29-12-14-32-15-13-29)18-31(28-26)24-5-3-4-23(16-24)30-11-10-21(27)17-30/h3-9,16,18-19,21H,10-15,17H2,1-2H3. The van der Waals surface area contributed by atoms with E-state index in [2.05, 4.69) is 72.3 Å². The van der Waals surface area contributed by atoms with Crippen molar-refractivity contribution < 1.29 is 9.13 Å². The highest BCUT2D eigenvalue weighted by Gasteiger charge is 2.22. The van der Waals surface area contributed by atoms with Gasteiger partial charge in [-0.25, -0.2) is 9.07 Å². The molecule has 1 aromatic heterocycles. The summed E-state index contributed by atoms with van der Waals surface area (Å²) in [6.07, 6.45) is 2.00. The van der Waals surface area contributed by atoms with Crippen molar-refractivity contribution in [1.82, 2.24) is 9.78 Å². The molecule has 0 bridgehead atoms. The van der Waals surface area contributed by atoms with Crippen LogP contribution in [0.3, 0.4) is 0 Å². The fourth-order valence-electron chi connectivity index (χ4n) is 4.63. The minimum atomic E-state index is -0.733. The van der Waals surface area contributed by atoms with Gasteiger partial charge in [-0.2, -0.15) is 5.10 Å². The topological polar surface area (TPSA) is 33.5 Å². The first-order chi connectivity index (χ1) is 15.6. The number of hydrogen-bond donors (Lipinski definition) is 0. The largest absolute Gasteiger partial charge is 0.378 e. The Hall–Kier alpha value is -2.86. The van der Waals surface area contributed by atoms with Gasteiger partial charge in [-0.1, -0.05) is 32.0 Å². The molecule has 2 aromatic carbocycles. The molecule has 168 valence electrons. The van der Waals surface area contributed by atoms with Gasteiger partial charge in [0.05, 0.1) is 24.6 Å². The van der Waals surface area contributed by atoms with Gasteiger partial charge in [0.15, 0.2) is 0 Å². The van der Waals surface area contributed by atoms with Gasteiger partial charge in [-0.05, 0) is 48.2 Å². The van der Waals surface area contributed by atoms with Crippen LogP contribution in [0.4, 0.5) is 15.8 Å². The summed E-state index contributed by atoms with van der Waals surface area (Å²) in [7, 11) is 0. The minimum Gasteiger partial charge on any atom is -0.378 e. The van der Waals surface area contributed by atoms with Crippen molar-refractivity contribution in [2.24, 2.45) is 0 Å². The van der Waals surface area contributed by atoms with E-state index in [1.54, 1.807) is 0 Å².